The lowest BCUT2D eigenvalue weighted by Crippen LogP contribution is -2.10. The highest BCUT2D eigenvalue weighted by Gasteiger charge is 2.13. The Labute approximate surface area is 79.5 Å². The first-order valence-electron chi connectivity index (χ1n) is 4.00. The zero-order chi connectivity index (χ0) is 10.7. The molecular weight excluding hydrogens is 195 g/mol. The molecule has 14 heavy (non-hydrogen) atoms. The maximum absolute atomic E-state index is 12.7. The molecule has 1 aromatic carbocycles. The summed E-state index contributed by atoms with van der Waals surface area (Å²) < 4.78 is 40.7. The summed E-state index contributed by atoms with van der Waals surface area (Å²) in [4.78, 5) is 0. The Balaban J connectivity index is 3.02. The molecule has 0 amide bonds. The van der Waals surface area contributed by atoms with Crippen LogP contribution in [0.1, 0.15) is 18.5 Å². The number of benzene rings is 1. The van der Waals surface area contributed by atoms with Gasteiger partial charge in [0.15, 0.2) is 0 Å². The molecule has 0 fully saturated rings. The minimum absolute atomic E-state index is 0.0867. The van der Waals surface area contributed by atoms with Crippen molar-refractivity contribution in [2.45, 2.75) is 19.6 Å². The van der Waals surface area contributed by atoms with Gasteiger partial charge in [-0.3, -0.25) is 0 Å². The molecular formula is C9H10F3NO. The van der Waals surface area contributed by atoms with Gasteiger partial charge in [0.25, 0.3) is 0 Å². The zero-order valence-corrected chi connectivity index (χ0v) is 7.51. The summed E-state index contributed by atoms with van der Waals surface area (Å²) in [6.07, 6.45) is 0. The largest absolute Gasteiger partial charge is 0.434 e. The number of ether oxygens (including phenoxy) is 1. The molecule has 5 heteroatoms. The summed E-state index contributed by atoms with van der Waals surface area (Å²) in [6.45, 7) is -1.37. The van der Waals surface area contributed by atoms with E-state index < -0.39 is 18.5 Å². The predicted molar refractivity (Wildman–Crippen MR) is 45.6 cm³/mol. The lowest BCUT2D eigenvalue weighted by Gasteiger charge is -2.12. The van der Waals surface area contributed by atoms with Crippen LogP contribution in [-0.2, 0) is 0 Å². The zero-order valence-electron chi connectivity index (χ0n) is 7.51. The molecule has 0 saturated heterocycles. The van der Waals surface area contributed by atoms with Crippen LogP contribution in [0.15, 0.2) is 18.2 Å². The first-order chi connectivity index (χ1) is 6.50. The molecule has 0 spiro atoms. The molecule has 78 valence electrons. The van der Waals surface area contributed by atoms with Crippen LogP contribution in [0.25, 0.3) is 0 Å². The van der Waals surface area contributed by atoms with Crippen molar-refractivity contribution < 1.29 is 17.9 Å². The number of hydrogen-bond donors (Lipinski definition) is 1. The number of nitrogens with two attached hydrogens (primary N) is 1. The Kier molecular flexibility index (Phi) is 3.35. The second kappa shape index (κ2) is 4.32. The van der Waals surface area contributed by atoms with E-state index in [0.29, 0.717) is 0 Å². The van der Waals surface area contributed by atoms with E-state index in [-0.39, 0.29) is 11.3 Å². The fourth-order valence-electron chi connectivity index (χ4n) is 1.08. The number of hydrogen-bond acceptors (Lipinski definition) is 2. The van der Waals surface area contributed by atoms with Gasteiger partial charge in [-0.15, -0.1) is 0 Å². The van der Waals surface area contributed by atoms with Gasteiger partial charge in [0.05, 0.1) is 0 Å². The van der Waals surface area contributed by atoms with E-state index in [2.05, 4.69) is 4.74 Å². The third-order valence-corrected chi connectivity index (χ3v) is 1.68. The minimum Gasteiger partial charge on any atom is -0.434 e. The van der Waals surface area contributed by atoms with Crippen molar-refractivity contribution in [2.24, 2.45) is 5.73 Å². The van der Waals surface area contributed by atoms with Crippen molar-refractivity contribution in [3.05, 3.63) is 29.6 Å². The minimum atomic E-state index is -2.93. The van der Waals surface area contributed by atoms with E-state index in [1.807, 2.05) is 0 Å². The van der Waals surface area contributed by atoms with E-state index >= 15 is 0 Å². The average molecular weight is 205 g/mol. The Morgan fingerprint density at radius 1 is 1.36 bits per heavy atom. The van der Waals surface area contributed by atoms with E-state index in [1.165, 1.54) is 0 Å². The van der Waals surface area contributed by atoms with E-state index in [0.717, 1.165) is 18.2 Å². The van der Waals surface area contributed by atoms with Crippen molar-refractivity contribution in [1.82, 2.24) is 0 Å². The van der Waals surface area contributed by atoms with Crippen molar-refractivity contribution in [1.29, 1.82) is 0 Å². The predicted octanol–water partition coefficient (Wildman–Crippen LogP) is 2.45. The van der Waals surface area contributed by atoms with Crippen LogP contribution in [0.4, 0.5) is 13.2 Å². The molecule has 0 aliphatic carbocycles. The smallest absolute Gasteiger partial charge is 0.387 e. The van der Waals surface area contributed by atoms with Gasteiger partial charge in [0.2, 0.25) is 0 Å². The van der Waals surface area contributed by atoms with Crippen LogP contribution < -0.4 is 10.5 Å². The Hall–Kier alpha value is -1.23. The topological polar surface area (TPSA) is 35.2 Å². The molecule has 1 aromatic rings. The van der Waals surface area contributed by atoms with Gasteiger partial charge in [-0.2, -0.15) is 8.78 Å². The molecule has 0 bridgehead atoms. The normalized spacial score (nSPS) is 13.0. The fraction of sp³-hybridized carbons (Fsp3) is 0.333. The van der Waals surface area contributed by atoms with E-state index in [4.69, 9.17) is 5.73 Å². The summed E-state index contributed by atoms with van der Waals surface area (Å²) in [6, 6.07) is 2.71. The Bertz CT molecular complexity index is 315. The van der Waals surface area contributed by atoms with E-state index in [9.17, 15) is 13.2 Å². The highest BCUT2D eigenvalue weighted by atomic mass is 19.3. The first-order valence-corrected chi connectivity index (χ1v) is 4.00. The molecule has 0 radical (unpaired) electrons. The molecule has 0 heterocycles. The van der Waals surface area contributed by atoms with Crippen molar-refractivity contribution >= 4 is 0 Å². The summed E-state index contributed by atoms with van der Waals surface area (Å²) in [5, 5.41) is 0. The Morgan fingerprint density at radius 2 is 2.00 bits per heavy atom. The third kappa shape index (κ3) is 2.63. The van der Waals surface area contributed by atoms with Crippen molar-refractivity contribution in [3.63, 3.8) is 0 Å². The maximum Gasteiger partial charge on any atom is 0.387 e. The van der Waals surface area contributed by atoms with Crippen LogP contribution in [0, 0.1) is 5.82 Å². The first kappa shape index (κ1) is 10.8. The van der Waals surface area contributed by atoms with Crippen molar-refractivity contribution in [2.75, 3.05) is 0 Å². The molecule has 0 aliphatic rings. The second-order valence-electron chi connectivity index (χ2n) is 2.85. The molecule has 2 N–H and O–H groups in total. The van der Waals surface area contributed by atoms with Gasteiger partial charge in [-0.05, 0) is 25.1 Å². The van der Waals surface area contributed by atoms with Crippen LogP contribution >= 0.6 is 0 Å². The highest BCUT2D eigenvalue weighted by molar-refractivity contribution is 5.36. The van der Waals surface area contributed by atoms with Crippen LogP contribution in [0.5, 0.6) is 5.75 Å². The average Bonchev–Trinajstić information content (AvgIpc) is 2.07. The molecule has 1 rings (SSSR count). The standard InChI is InChI=1S/C9H10F3NO/c1-5(13)7-4-6(10)2-3-8(7)14-9(11)12/h2-5,9H,13H2,1H3. The number of rotatable bonds is 3. The fourth-order valence-corrected chi connectivity index (χ4v) is 1.08. The van der Waals surface area contributed by atoms with Gasteiger partial charge < -0.3 is 10.5 Å². The summed E-state index contributed by atoms with van der Waals surface area (Å²) in [7, 11) is 0. The number of halogens is 3. The van der Waals surface area contributed by atoms with Gasteiger partial charge in [-0.25, -0.2) is 4.39 Å². The third-order valence-electron chi connectivity index (χ3n) is 1.68. The Morgan fingerprint density at radius 3 is 2.50 bits per heavy atom. The van der Waals surface area contributed by atoms with E-state index in [1.54, 1.807) is 6.92 Å². The summed E-state index contributed by atoms with van der Waals surface area (Å²) >= 11 is 0. The quantitative estimate of drug-likeness (QED) is 0.822. The van der Waals surface area contributed by atoms with Gasteiger partial charge in [-0.1, -0.05) is 0 Å². The monoisotopic (exact) mass is 205 g/mol. The molecule has 1 atom stereocenters. The molecule has 0 saturated carbocycles. The van der Waals surface area contributed by atoms with Gasteiger partial charge in [0, 0.05) is 11.6 Å². The van der Waals surface area contributed by atoms with Crippen LogP contribution in [0.3, 0.4) is 0 Å². The number of alkyl halides is 2. The highest BCUT2D eigenvalue weighted by Crippen LogP contribution is 2.25. The molecule has 1 unspecified atom stereocenters. The van der Waals surface area contributed by atoms with Crippen LogP contribution in [0.2, 0.25) is 0 Å². The molecule has 2 nitrogen and oxygen atoms in total. The van der Waals surface area contributed by atoms with Gasteiger partial charge in [0.1, 0.15) is 11.6 Å². The second-order valence-corrected chi connectivity index (χ2v) is 2.85. The lowest BCUT2D eigenvalue weighted by molar-refractivity contribution is -0.0506. The summed E-state index contributed by atoms with van der Waals surface area (Å²) in [5.74, 6) is -0.615. The lowest BCUT2D eigenvalue weighted by atomic mass is 10.1. The van der Waals surface area contributed by atoms with Gasteiger partial charge >= 0.3 is 6.61 Å². The molecule has 0 aromatic heterocycles. The maximum atomic E-state index is 12.7. The SMILES string of the molecule is CC(N)c1cc(F)ccc1OC(F)F. The van der Waals surface area contributed by atoms with Crippen LogP contribution in [-0.4, -0.2) is 6.61 Å². The molecule has 0 aliphatic heterocycles. The van der Waals surface area contributed by atoms with Crippen molar-refractivity contribution in [3.8, 4) is 5.75 Å². The summed E-state index contributed by atoms with van der Waals surface area (Å²) in [5.41, 5.74) is 5.69.